The molecule has 0 spiro atoms. The lowest BCUT2D eigenvalue weighted by atomic mass is 9.72. The van der Waals surface area contributed by atoms with Gasteiger partial charge in [-0.15, -0.1) is 0 Å². The number of anilines is 1. The summed E-state index contributed by atoms with van der Waals surface area (Å²) in [5.74, 6) is 0.367. The zero-order chi connectivity index (χ0) is 44.9. The molecule has 2 aromatic carbocycles. The van der Waals surface area contributed by atoms with Crippen LogP contribution in [0.3, 0.4) is 0 Å². The van der Waals surface area contributed by atoms with Gasteiger partial charge in [0.05, 0.1) is 0 Å². The van der Waals surface area contributed by atoms with E-state index in [1.165, 1.54) is 11.1 Å². The maximum atomic E-state index is 20.5. The Labute approximate surface area is 359 Å². The molecule has 0 saturated heterocycles. The molecule has 322 valence electrons. The molecular formula is C50H77ClF2N3P2+. The van der Waals surface area contributed by atoms with Crippen LogP contribution in [0.25, 0.3) is 0 Å². The van der Waals surface area contributed by atoms with E-state index in [0.717, 1.165) is 43.4 Å². The number of aromatic nitrogens is 2. The molecule has 0 N–H and O–H groups in total. The van der Waals surface area contributed by atoms with Gasteiger partial charge >= 0.3 is 6.08 Å². The minimum Gasteiger partial charge on any atom is -0.356 e. The van der Waals surface area contributed by atoms with E-state index in [1.807, 2.05) is 18.7 Å². The van der Waals surface area contributed by atoms with Crippen molar-refractivity contribution in [3.8, 4) is 0 Å². The number of hydrogen-bond acceptors (Lipinski definition) is 3. The molecule has 0 fully saturated rings. The van der Waals surface area contributed by atoms with Crippen LogP contribution < -0.4 is 10.3 Å². The molecular weight excluding hydrogens is 778 g/mol. The fourth-order valence-electron chi connectivity index (χ4n) is 8.08. The fraction of sp³-hybridized carbons (Fsp3) is 0.640. The Morgan fingerprint density at radius 2 is 0.914 bits per heavy atom. The van der Waals surface area contributed by atoms with Crippen LogP contribution in [-0.2, 0) is 32.5 Å². The van der Waals surface area contributed by atoms with Crippen LogP contribution in [0.4, 0.5) is 14.4 Å². The summed E-state index contributed by atoms with van der Waals surface area (Å²) in [5.41, 5.74) is 7.57. The van der Waals surface area contributed by atoms with E-state index in [0.29, 0.717) is 29.4 Å². The van der Waals surface area contributed by atoms with Gasteiger partial charge in [-0.2, -0.15) is 14.4 Å². The first-order valence-corrected chi connectivity index (χ1v) is 24.8. The Balaban J connectivity index is 2.57. The standard InChI is InChI=1S/C50H77ClF2N3P2/c1-24-56(25-2)39-38(51)40(55-43(52)54-39)57-41(36-32(46(9,10)11)26-30(44(3,4)5)27-33(36)47(12,13)14)58(53,50(21,22)23)42(57)37-34(48(15,16)17)28-31(45(6,7)8)29-35(37)49(18,19)20/h26-29H,24-25H2,1-23H3/q+1. The molecule has 1 aliphatic heterocycles. The van der Waals surface area contributed by atoms with Crippen molar-refractivity contribution in [2.75, 3.05) is 18.0 Å². The van der Waals surface area contributed by atoms with Crippen molar-refractivity contribution in [1.82, 2.24) is 9.97 Å². The molecule has 58 heavy (non-hydrogen) atoms. The summed E-state index contributed by atoms with van der Waals surface area (Å²) in [5, 5.41) is 1.07. The summed E-state index contributed by atoms with van der Waals surface area (Å²) in [6.45, 7) is 51.8. The second-order valence-corrected chi connectivity index (χ2v) is 30.2. The number of nitrogens with zero attached hydrogens (tertiary/aromatic N) is 3. The van der Waals surface area contributed by atoms with Gasteiger partial charge in [0.15, 0.2) is 28.1 Å². The van der Waals surface area contributed by atoms with E-state index >= 15 is 8.59 Å². The van der Waals surface area contributed by atoms with E-state index in [-0.39, 0.29) is 32.5 Å². The predicted molar refractivity (Wildman–Crippen MR) is 258 cm³/mol. The summed E-state index contributed by atoms with van der Waals surface area (Å²) < 4.78 is 36.8. The highest BCUT2D eigenvalue weighted by Gasteiger charge is 2.63. The first-order valence-electron chi connectivity index (χ1n) is 21.4. The van der Waals surface area contributed by atoms with Crippen molar-refractivity contribution in [1.29, 1.82) is 0 Å². The summed E-state index contributed by atoms with van der Waals surface area (Å²) in [6.07, 6.45) is -0.835. The molecule has 1 aromatic heterocycles. The molecule has 3 nitrogen and oxygen atoms in total. The lowest BCUT2D eigenvalue weighted by Crippen LogP contribution is -2.39. The van der Waals surface area contributed by atoms with Gasteiger partial charge < -0.3 is 4.90 Å². The third-order valence-corrected chi connectivity index (χ3v) is 20.5. The van der Waals surface area contributed by atoms with E-state index in [2.05, 4.69) is 180 Å². The molecule has 4 rings (SSSR count). The summed E-state index contributed by atoms with van der Waals surface area (Å²) >= 11 is 7.59. The summed E-state index contributed by atoms with van der Waals surface area (Å²) in [6, 6.07) is 9.33. The van der Waals surface area contributed by atoms with Crippen LogP contribution in [0, 0.1) is 6.08 Å². The lowest BCUT2D eigenvalue weighted by Gasteiger charge is -2.42. The van der Waals surface area contributed by atoms with Crippen LogP contribution in [0.15, 0.2) is 24.3 Å². The zero-order valence-corrected chi connectivity index (χ0v) is 43.1. The third kappa shape index (κ3) is 8.82. The molecule has 0 radical (unpaired) electrons. The monoisotopic (exact) mass is 855 g/mol. The van der Waals surface area contributed by atoms with E-state index in [4.69, 9.17) is 11.6 Å². The van der Waals surface area contributed by atoms with Crippen LogP contribution in [0.1, 0.15) is 204 Å². The van der Waals surface area contributed by atoms with E-state index < -0.39 is 26.0 Å². The lowest BCUT2D eigenvalue weighted by molar-refractivity contribution is 0.540. The molecule has 1 aliphatic rings. The molecule has 0 aliphatic carbocycles. The molecule has 8 heteroatoms. The van der Waals surface area contributed by atoms with Crippen molar-refractivity contribution in [2.24, 2.45) is 0 Å². The van der Waals surface area contributed by atoms with Gasteiger partial charge in [0.1, 0.15) is 0 Å². The Hall–Kier alpha value is -2.06. The summed E-state index contributed by atoms with van der Waals surface area (Å²) in [4.78, 5) is 11.0. The van der Waals surface area contributed by atoms with Gasteiger partial charge in [-0.25, -0.2) is 4.20 Å². The van der Waals surface area contributed by atoms with Crippen LogP contribution >= 0.6 is 26.3 Å². The SMILES string of the molecule is CCN(CC)c1nc(F)nc([P+]2=C(c3c(C(C)(C)C)cc(C(C)(C)C)cc3C(C)(C)C)P(F)(C(C)(C)C)=C2c2c(C(C)(C)C)cc(C(C)(C)C)cc2C(C)(C)C)c1Cl. The Kier molecular flexibility index (Phi) is 12.9. The van der Waals surface area contributed by atoms with Gasteiger partial charge in [0.25, 0.3) is 5.44 Å². The molecule has 2 atom stereocenters. The minimum atomic E-state index is -3.79. The second-order valence-electron chi connectivity index (χ2n) is 23.8. The van der Waals surface area contributed by atoms with Gasteiger partial charge in [-0.3, -0.25) is 0 Å². The predicted octanol–water partition coefficient (Wildman–Crippen LogP) is 15.1. The summed E-state index contributed by atoms with van der Waals surface area (Å²) in [7, 11) is -5.57. The zero-order valence-electron chi connectivity index (χ0n) is 40.6. The number of hydrogen-bond donors (Lipinski definition) is 0. The fourth-order valence-corrected chi connectivity index (χ4v) is 18.2. The van der Waals surface area contributed by atoms with Gasteiger partial charge in [-0.1, -0.05) is 181 Å². The Morgan fingerprint density at radius 3 is 1.21 bits per heavy atom. The van der Waals surface area contributed by atoms with Gasteiger partial charge in [0.2, 0.25) is 7.55 Å². The average Bonchev–Trinajstić information content (AvgIpc) is 3.01. The Morgan fingerprint density at radius 1 is 0.569 bits per heavy atom. The first-order chi connectivity index (χ1) is 25.8. The second kappa shape index (κ2) is 15.4. The van der Waals surface area contributed by atoms with E-state index in [9.17, 15) is 0 Å². The van der Waals surface area contributed by atoms with Crippen molar-refractivity contribution >= 4 is 47.7 Å². The molecule has 0 saturated carbocycles. The van der Waals surface area contributed by atoms with Crippen molar-refractivity contribution < 1.29 is 8.59 Å². The largest absolute Gasteiger partial charge is 0.356 e. The quantitative estimate of drug-likeness (QED) is 0.183. The minimum absolute atomic E-state index is 0.146. The highest BCUT2D eigenvalue weighted by atomic mass is 35.5. The smallest absolute Gasteiger partial charge is 0.314 e. The maximum Gasteiger partial charge on any atom is 0.314 e. The first kappa shape index (κ1) is 48.6. The van der Waals surface area contributed by atoms with E-state index in [1.54, 1.807) is 0 Å². The number of rotatable bonds is 6. The third-order valence-electron chi connectivity index (χ3n) is 11.7. The molecule has 2 unspecified atom stereocenters. The topological polar surface area (TPSA) is 29.0 Å². The highest BCUT2D eigenvalue weighted by Crippen LogP contribution is 2.79. The molecule has 0 amide bonds. The molecule has 2 heterocycles. The molecule has 0 bridgehead atoms. The van der Waals surface area contributed by atoms with Crippen molar-refractivity contribution in [3.63, 3.8) is 0 Å². The highest BCUT2D eigenvalue weighted by molar-refractivity contribution is 8.21. The van der Waals surface area contributed by atoms with Gasteiger partial charge in [-0.05, 0) is 79.7 Å². The molecule has 3 aromatic rings. The van der Waals surface area contributed by atoms with Crippen LogP contribution in [0.5, 0.6) is 0 Å². The Bertz CT molecular complexity index is 2110. The maximum absolute atomic E-state index is 20.5. The number of halogens is 3. The normalized spacial score (nSPS) is 18.2. The van der Waals surface area contributed by atoms with Crippen LogP contribution in [-0.4, -0.2) is 38.3 Å². The number of benzene rings is 2. The average molecular weight is 856 g/mol. The van der Waals surface area contributed by atoms with Gasteiger partial charge in [0, 0.05) is 29.4 Å². The van der Waals surface area contributed by atoms with Crippen molar-refractivity contribution in [3.05, 3.63) is 79.9 Å². The van der Waals surface area contributed by atoms with Crippen LogP contribution in [0.2, 0.25) is 5.02 Å². The van der Waals surface area contributed by atoms with Crippen molar-refractivity contribution in [2.45, 2.75) is 197 Å².